The third-order valence-corrected chi connectivity index (χ3v) is 18.3. The number of imide groups is 3. The maximum absolute atomic E-state index is 13.3. The number of amides is 6. The molecule has 0 radical (unpaired) electrons. The Morgan fingerprint density at radius 3 is 0.720 bits per heavy atom. The molecule has 12 rings (SSSR count). The smallest absolute Gasteiger partial charge is 0.334 e. The number of halogens is 6. The third kappa shape index (κ3) is 14.7. The van der Waals surface area contributed by atoms with Gasteiger partial charge in [-0.25, -0.2) is 29.1 Å². The number of carbonyl (C=O) groups excluding carboxylic acids is 9. The van der Waals surface area contributed by atoms with Gasteiger partial charge in [-0.3, -0.25) is 28.8 Å². The Morgan fingerprint density at radius 2 is 0.527 bits per heavy atom. The number of ether oxygens (including phenoxy) is 3. The van der Waals surface area contributed by atoms with E-state index in [0.29, 0.717) is 63.9 Å². The Labute approximate surface area is 569 Å². The number of unbranched alkanes of at least 4 members (excludes halogenated alkanes) is 3. The molecule has 0 spiro atoms. The molecule has 6 aromatic rings. The van der Waals surface area contributed by atoms with E-state index in [1.54, 1.807) is 185 Å². The van der Waals surface area contributed by atoms with E-state index in [4.69, 9.17) is 83.8 Å². The van der Waals surface area contributed by atoms with Crippen molar-refractivity contribution in [2.45, 2.75) is 78.1 Å². The van der Waals surface area contributed by atoms with Crippen LogP contribution in [0.25, 0.3) is 0 Å². The predicted octanol–water partition coefficient (Wildman–Crippen LogP) is 15.7. The molecule has 3 aliphatic heterocycles. The first-order valence-corrected chi connectivity index (χ1v) is 32.8. The van der Waals surface area contributed by atoms with Crippen molar-refractivity contribution < 1.29 is 57.4 Å². The number of carbonyl (C=O) groups is 9. The van der Waals surface area contributed by atoms with Crippen LogP contribution in [-0.2, 0) is 57.4 Å². The Hall–Kier alpha value is -7.89. The number of rotatable bonds is 15. The molecular weight excluding hydrogens is 1310 g/mol. The summed E-state index contributed by atoms with van der Waals surface area (Å²) < 4.78 is 15.5. The van der Waals surface area contributed by atoms with Crippen molar-refractivity contribution >= 4 is 140 Å². The standard InChI is InChI=1S/3C22H17Cl2NO4.C6H14/c3*1-2-29-22(28)17-11-16-19(18(17)12-3-5-13(23)6-4-12)21(27)25(20(16)26)15-9-7-14(24)8-10-15;1-3-5-6-4-2/h3*3-11,16,18-19H,2H2,1H3;3-6H2,1-2H3/t3*16-,18-,19-;/m000./s1. The van der Waals surface area contributed by atoms with E-state index in [0.717, 1.165) is 16.7 Å². The molecule has 6 aromatic carbocycles. The average Bonchev–Trinajstić information content (AvgIpc) is 1.60. The first-order chi connectivity index (χ1) is 44.7. The van der Waals surface area contributed by atoms with Crippen molar-refractivity contribution in [1.29, 1.82) is 0 Å². The van der Waals surface area contributed by atoms with E-state index < -0.39 is 71.2 Å². The van der Waals surface area contributed by atoms with Crippen molar-refractivity contribution in [3.63, 3.8) is 0 Å². The molecule has 3 fully saturated rings. The summed E-state index contributed by atoms with van der Waals surface area (Å²) in [5.41, 5.74) is 4.59. The van der Waals surface area contributed by atoms with Crippen LogP contribution in [0.4, 0.5) is 17.1 Å². The fourth-order valence-corrected chi connectivity index (χ4v) is 13.4. The van der Waals surface area contributed by atoms with E-state index in [-0.39, 0.29) is 55.3 Å². The zero-order valence-electron chi connectivity index (χ0n) is 51.2. The number of hydrogen-bond donors (Lipinski definition) is 0. The van der Waals surface area contributed by atoms with Crippen molar-refractivity contribution in [1.82, 2.24) is 0 Å². The lowest BCUT2D eigenvalue weighted by Crippen LogP contribution is -2.33. The van der Waals surface area contributed by atoms with Crippen LogP contribution in [0.1, 0.15) is 94.7 Å². The molecule has 3 saturated heterocycles. The minimum absolute atomic E-state index is 0.206. The molecule has 93 heavy (non-hydrogen) atoms. The number of fused-ring (bicyclic) bond motifs is 3. The number of esters is 3. The van der Waals surface area contributed by atoms with Crippen LogP contribution < -0.4 is 14.7 Å². The molecule has 15 nitrogen and oxygen atoms in total. The number of hydrogen-bond acceptors (Lipinski definition) is 12. The lowest BCUT2D eigenvalue weighted by molar-refractivity contribution is -0.139. The van der Waals surface area contributed by atoms with Crippen molar-refractivity contribution in [3.8, 4) is 0 Å². The Balaban J connectivity index is 0.000000157. The molecule has 0 saturated carbocycles. The summed E-state index contributed by atoms with van der Waals surface area (Å²) in [6.07, 6.45) is 10.3. The molecule has 0 bridgehead atoms. The summed E-state index contributed by atoms with van der Waals surface area (Å²) in [5, 5.41) is 3.16. The minimum Gasteiger partial charge on any atom is -0.463 e. The van der Waals surface area contributed by atoms with Crippen LogP contribution in [0.2, 0.25) is 30.1 Å². The molecule has 0 unspecified atom stereocenters. The first-order valence-electron chi connectivity index (χ1n) is 30.5. The van der Waals surface area contributed by atoms with Gasteiger partial charge in [0, 0.05) is 64.6 Å². The van der Waals surface area contributed by atoms with Gasteiger partial charge in [0.1, 0.15) is 0 Å². The normalized spacial score (nSPS) is 22.3. The van der Waals surface area contributed by atoms with Crippen molar-refractivity contribution in [2.24, 2.45) is 35.5 Å². The third-order valence-electron chi connectivity index (χ3n) is 16.8. The second kappa shape index (κ2) is 30.9. The van der Waals surface area contributed by atoms with Gasteiger partial charge in [-0.15, -0.1) is 0 Å². The maximum Gasteiger partial charge on any atom is 0.334 e. The van der Waals surface area contributed by atoms with Gasteiger partial charge in [0.05, 0.1) is 72.4 Å². The summed E-state index contributed by atoms with van der Waals surface area (Å²) >= 11 is 35.8. The van der Waals surface area contributed by atoms with E-state index in [9.17, 15) is 43.2 Å². The van der Waals surface area contributed by atoms with Gasteiger partial charge in [0.25, 0.3) is 0 Å². The van der Waals surface area contributed by atoms with Crippen molar-refractivity contribution in [2.75, 3.05) is 34.5 Å². The highest BCUT2D eigenvalue weighted by molar-refractivity contribution is 6.33. The van der Waals surface area contributed by atoms with Gasteiger partial charge < -0.3 is 14.2 Å². The molecule has 3 heterocycles. The first kappa shape index (κ1) is 69.5. The second-order valence-corrected chi connectivity index (χ2v) is 25.1. The maximum atomic E-state index is 13.3. The second-order valence-electron chi connectivity index (χ2n) is 22.4. The van der Waals surface area contributed by atoms with Gasteiger partial charge in [0.15, 0.2) is 0 Å². The van der Waals surface area contributed by atoms with E-state index in [1.807, 2.05) is 0 Å². The molecule has 482 valence electrons. The number of nitrogens with zero attached hydrogens (tertiary/aromatic N) is 3. The molecule has 21 heteroatoms. The Kier molecular flexibility index (Phi) is 23.1. The fourth-order valence-electron chi connectivity index (χ4n) is 12.6. The Morgan fingerprint density at radius 1 is 0.323 bits per heavy atom. The molecule has 9 atom stereocenters. The predicted molar refractivity (Wildman–Crippen MR) is 359 cm³/mol. The molecule has 6 amide bonds. The monoisotopic (exact) mass is 1370 g/mol. The molecule has 6 aliphatic rings. The van der Waals surface area contributed by atoms with Crippen LogP contribution in [0, 0.1) is 35.5 Å². The summed E-state index contributed by atoms with van der Waals surface area (Å²) in [4.78, 5) is 120. The minimum atomic E-state index is -0.724. The van der Waals surface area contributed by atoms with Crippen LogP contribution in [-0.4, -0.2) is 73.2 Å². The summed E-state index contributed by atoms with van der Waals surface area (Å²) in [7, 11) is 0. The van der Waals surface area contributed by atoms with E-state index >= 15 is 0 Å². The van der Waals surface area contributed by atoms with Gasteiger partial charge in [0.2, 0.25) is 35.4 Å². The quantitative estimate of drug-likeness (QED) is 0.0410. The number of benzene rings is 6. The molecule has 0 aromatic heterocycles. The summed E-state index contributed by atoms with van der Waals surface area (Å²) in [6, 6.07) is 40.4. The zero-order valence-corrected chi connectivity index (χ0v) is 55.8. The molecule has 3 aliphatic carbocycles. The lowest BCUT2D eigenvalue weighted by atomic mass is 9.82. The highest BCUT2D eigenvalue weighted by Gasteiger charge is 2.59. The van der Waals surface area contributed by atoms with E-state index in [1.165, 1.54) is 40.4 Å². The topological polar surface area (TPSA) is 191 Å². The van der Waals surface area contributed by atoms with Crippen LogP contribution in [0.15, 0.2) is 181 Å². The number of anilines is 3. The molecular formula is C72H65Cl6N3O12. The van der Waals surface area contributed by atoms with Gasteiger partial charge in [-0.2, -0.15) is 0 Å². The average molecular weight is 1380 g/mol. The van der Waals surface area contributed by atoms with E-state index in [2.05, 4.69) is 13.8 Å². The largest absolute Gasteiger partial charge is 0.463 e. The van der Waals surface area contributed by atoms with Crippen molar-refractivity contribution in [3.05, 3.63) is 227 Å². The Bertz CT molecular complexity index is 3510. The zero-order chi connectivity index (χ0) is 66.9. The van der Waals surface area contributed by atoms with Gasteiger partial charge in [-0.05, 0) is 147 Å². The van der Waals surface area contributed by atoms with Crippen LogP contribution in [0.5, 0.6) is 0 Å². The lowest BCUT2D eigenvalue weighted by Gasteiger charge is -2.22. The molecule has 0 N–H and O–H groups in total. The van der Waals surface area contributed by atoms with Gasteiger partial charge >= 0.3 is 17.9 Å². The highest BCUT2D eigenvalue weighted by atomic mass is 35.5. The SMILES string of the molecule is CCCCCC.CCOC(=O)C1=C[C@@H]2C(=O)N(c3ccc(Cl)cc3)C(=O)[C@@H]2[C@H]1c1ccc(Cl)cc1.CCOC(=O)C1=C[C@@H]2C(=O)N(c3ccc(Cl)cc3)C(=O)[C@@H]2[C@H]1c1ccc(Cl)cc1.CCOC(=O)C1=C[C@@H]2C(=O)N(c3ccc(Cl)cc3)C(=O)[C@@H]2[C@H]1c1ccc(Cl)cc1. The highest BCUT2D eigenvalue weighted by Crippen LogP contribution is 2.53. The van der Waals surface area contributed by atoms with Crippen LogP contribution >= 0.6 is 69.6 Å². The fraction of sp³-hybridized carbons (Fsp3) is 0.292. The van der Waals surface area contributed by atoms with Gasteiger partial charge in [-0.1, -0.05) is 164 Å². The van der Waals surface area contributed by atoms with Crippen LogP contribution in [0.3, 0.4) is 0 Å². The summed E-state index contributed by atoms with van der Waals surface area (Å²) in [6.45, 7) is 10.2. The summed E-state index contributed by atoms with van der Waals surface area (Å²) in [5.74, 6) is -9.71.